The fourth-order valence-electron chi connectivity index (χ4n) is 5.73. The van der Waals surface area contributed by atoms with E-state index in [9.17, 15) is 0 Å². The van der Waals surface area contributed by atoms with Crippen LogP contribution in [0.5, 0.6) is 0 Å². The van der Waals surface area contributed by atoms with E-state index < -0.39 is 0 Å². The molecule has 0 saturated carbocycles. The molecule has 0 amide bonds. The Bertz CT molecular complexity index is 1840. The van der Waals surface area contributed by atoms with Crippen LogP contribution in [0.4, 0.5) is 17.1 Å². The molecular weight excluding hydrogens is 506 g/mol. The van der Waals surface area contributed by atoms with Crippen molar-refractivity contribution in [2.75, 3.05) is 4.90 Å². The Hall–Kier alpha value is -4.88. The lowest BCUT2D eigenvalue weighted by Gasteiger charge is -2.26. The highest BCUT2D eigenvalue weighted by atomic mass is 15.1. The first kappa shape index (κ1) is 27.3. The number of benzene rings is 6. The average Bonchev–Trinajstić information content (AvgIpc) is 3.04. The van der Waals surface area contributed by atoms with Crippen LogP contribution in [0, 0.1) is 0 Å². The summed E-state index contributed by atoms with van der Waals surface area (Å²) >= 11 is 0. The van der Waals surface area contributed by atoms with Gasteiger partial charge in [0.2, 0.25) is 0 Å². The maximum atomic E-state index is 2.36. The summed E-state index contributed by atoms with van der Waals surface area (Å²) in [5, 5.41) is 5.10. The molecule has 0 bridgehead atoms. The first-order valence-electron chi connectivity index (χ1n) is 14.9. The van der Waals surface area contributed by atoms with E-state index in [1.165, 1.54) is 38.2 Å². The molecule has 6 aromatic rings. The molecule has 42 heavy (non-hydrogen) atoms. The lowest BCUT2D eigenvalue weighted by molar-refractivity contribution is 0.760. The second-order valence-corrected chi connectivity index (χ2v) is 11.1. The van der Waals surface area contributed by atoms with Crippen LogP contribution in [0.2, 0.25) is 0 Å². The summed E-state index contributed by atoms with van der Waals surface area (Å²) in [6.45, 7) is 4.37. The monoisotopic (exact) mass is 543 g/mol. The molecule has 0 spiro atoms. The van der Waals surface area contributed by atoms with Gasteiger partial charge in [-0.25, -0.2) is 0 Å². The predicted molar refractivity (Wildman–Crippen MR) is 182 cm³/mol. The van der Waals surface area contributed by atoms with Crippen LogP contribution in [0.25, 0.3) is 21.5 Å². The highest BCUT2D eigenvalue weighted by Gasteiger charge is 2.15. The third-order valence-electron chi connectivity index (χ3n) is 8.06. The van der Waals surface area contributed by atoms with Gasteiger partial charge in [0.1, 0.15) is 0 Å². The van der Waals surface area contributed by atoms with Gasteiger partial charge < -0.3 is 4.90 Å². The van der Waals surface area contributed by atoms with Crippen molar-refractivity contribution in [3.8, 4) is 0 Å². The predicted octanol–water partition coefficient (Wildman–Crippen LogP) is 11.5. The van der Waals surface area contributed by atoms with Gasteiger partial charge in [-0.05, 0) is 100 Å². The van der Waals surface area contributed by atoms with Crippen molar-refractivity contribution >= 4 is 38.6 Å². The van der Waals surface area contributed by atoms with Crippen LogP contribution in [0.3, 0.4) is 0 Å². The van der Waals surface area contributed by atoms with Crippen molar-refractivity contribution in [1.82, 2.24) is 0 Å². The SMILES string of the molecule is C/C=C\C=C/Cc1ccc(N(c2ccc(C(C)Cc3ccc4ccccc4c3)cc2)c2ccc3ccccc3c2)cc1. The number of anilines is 3. The maximum absolute atomic E-state index is 2.36. The molecule has 1 heteroatoms. The Morgan fingerprint density at radius 3 is 1.76 bits per heavy atom. The topological polar surface area (TPSA) is 3.24 Å². The molecule has 0 aromatic heterocycles. The zero-order valence-electron chi connectivity index (χ0n) is 24.4. The van der Waals surface area contributed by atoms with E-state index in [0.29, 0.717) is 5.92 Å². The molecular formula is C41H37N. The fourth-order valence-corrected chi connectivity index (χ4v) is 5.73. The molecule has 0 radical (unpaired) electrons. The quantitative estimate of drug-likeness (QED) is 0.164. The van der Waals surface area contributed by atoms with Gasteiger partial charge in [0.25, 0.3) is 0 Å². The average molecular weight is 544 g/mol. The summed E-state index contributed by atoms with van der Waals surface area (Å²) in [6.07, 6.45) is 10.4. The van der Waals surface area contributed by atoms with Gasteiger partial charge in [0.05, 0.1) is 0 Å². The number of nitrogens with zero attached hydrogens (tertiary/aromatic N) is 1. The summed E-state index contributed by atoms with van der Waals surface area (Å²) in [4.78, 5) is 2.36. The summed E-state index contributed by atoms with van der Waals surface area (Å²) in [7, 11) is 0. The van der Waals surface area contributed by atoms with Crippen LogP contribution in [-0.2, 0) is 12.8 Å². The van der Waals surface area contributed by atoms with Crippen LogP contribution < -0.4 is 4.90 Å². The molecule has 206 valence electrons. The second kappa shape index (κ2) is 12.7. The molecule has 1 unspecified atom stereocenters. The second-order valence-electron chi connectivity index (χ2n) is 11.1. The summed E-state index contributed by atoms with van der Waals surface area (Å²) < 4.78 is 0. The van der Waals surface area contributed by atoms with E-state index in [2.05, 4.69) is 170 Å². The molecule has 6 rings (SSSR count). The number of allylic oxidation sites excluding steroid dienone is 4. The van der Waals surface area contributed by atoms with E-state index >= 15 is 0 Å². The van der Waals surface area contributed by atoms with Gasteiger partial charge >= 0.3 is 0 Å². The molecule has 0 aliphatic rings. The Morgan fingerprint density at radius 2 is 1.10 bits per heavy atom. The molecule has 0 fully saturated rings. The van der Waals surface area contributed by atoms with Crippen LogP contribution in [0.15, 0.2) is 158 Å². The van der Waals surface area contributed by atoms with E-state index in [0.717, 1.165) is 29.9 Å². The lowest BCUT2D eigenvalue weighted by atomic mass is 9.92. The minimum atomic E-state index is 0.421. The minimum Gasteiger partial charge on any atom is -0.310 e. The molecule has 1 atom stereocenters. The molecule has 1 nitrogen and oxygen atoms in total. The molecule has 0 aliphatic heterocycles. The third kappa shape index (κ3) is 6.21. The Labute approximate surface area is 250 Å². The van der Waals surface area contributed by atoms with Crippen molar-refractivity contribution < 1.29 is 0 Å². The number of hydrogen-bond donors (Lipinski definition) is 0. The first-order valence-corrected chi connectivity index (χ1v) is 14.9. The number of hydrogen-bond acceptors (Lipinski definition) is 1. The van der Waals surface area contributed by atoms with Gasteiger partial charge in [-0.2, -0.15) is 0 Å². The molecule has 0 N–H and O–H groups in total. The van der Waals surface area contributed by atoms with E-state index in [1.807, 2.05) is 6.92 Å². The minimum absolute atomic E-state index is 0.421. The van der Waals surface area contributed by atoms with Crippen molar-refractivity contribution in [3.05, 3.63) is 174 Å². The third-order valence-corrected chi connectivity index (χ3v) is 8.06. The fraction of sp³-hybridized carbons (Fsp3) is 0.122. The highest BCUT2D eigenvalue weighted by Crippen LogP contribution is 2.37. The normalized spacial score (nSPS) is 12.4. The summed E-state index contributed by atoms with van der Waals surface area (Å²) in [5.74, 6) is 0.421. The Kier molecular flexibility index (Phi) is 8.28. The van der Waals surface area contributed by atoms with Crippen LogP contribution in [-0.4, -0.2) is 0 Å². The van der Waals surface area contributed by atoms with Gasteiger partial charge in [-0.1, -0.05) is 128 Å². The molecule has 0 saturated heterocycles. The van der Waals surface area contributed by atoms with Crippen LogP contribution in [0.1, 0.15) is 36.5 Å². The number of fused-ring (bicyclic) bond motifs is 2. The smallest absolute Gasteiger partial charge is 0.0468 e. The van der Waals surface area contributed by atoms with E-state index in [1.54, 1.807) is 0 Å². The van der Waals surface area contributed by atoms with Gasteiger partial charge in [-0.3, -0.25) is 0 Å². The summed E-state index contributed by atoms with van der Waals surface area (Å²) in [6, 6.07) is 48.9. The van der Waals surface area contributed by atoms with E-state index in [-0.39, 0.29) is 0 Å². The summed E-state index contributed by atoms with van der Waals surface area (Å²) in [5.41, 5.74) is 7.51. The van der Waals surface area contributed by atoms with Crippen molar-refractivity contribution in [3.63, 3.8) is 0 Å². The van der Waals surface area contributed by atoms with Crippen molar-refractivity contribution in [2.24, 2.45) is 0 Å². The van der Waals surface area contributed by atoms with Crippen molar-refractivity contribution in [1.29, 1.82) is 0 Å². The standard InChI is InChI=1S/C41H37N/c1-3-4-5-6-11-32-17-23-39(24-18-32)42(41-27-22-36-13-8-10-15-38(36)30-41)40-25-20-34(21-26-40)31(2)28-33-16-19-35-12-7-9-14-37(35)29-33/h3-10,12-27,29-31H,11,28H2,1-2H3/b4-3-,6-5-. The zero-order chi connectivity index (χ0) is 28.7. The van der Waals surface area contributed by atoms with Gasteiger partial charge in [-0.15, -0.1) is 0 Å². The molecule has 6 aromatic carbocycles. The maximum Gasteiger partial charge on any atom is 0.0468 e. The Balaban J connectivity index is 1.29. The van der Waals surface area contributed by atoms with E-state index in [4.69, 9.17) is 0 Å². The van der Waals surface area contributed by atoms with Gasteiger partial charge in [0.15, 0.2) is 0 Å². The molecule has 0 aliphatic carbocycles. The largest absolute Gasteiger partial charge is 0.310 e. The molecule has 0 heterocycles. The number of rotatable bonds is 9. The zero-order valence-corrected chi connectivity index (χ0v) is 24.4. The first-order chi connectivity index (χ1) is 20.7. The van der Waals surface area contributed by atoms with Crippen molar-refractivity contribution in [2.45, 2.75) is 32.6 Å². The van der Waals surface area contributed by atoms with Gasteiger partial charge in [0, 0.05) is 17.1 Å². The highest BCUT2D eigenvalue weighted by molar-refractivity contribution is 5.89. The van der Waals surface area contributed by atoms with Crippen LogP contribution >= 0.6 is 0 Å². The Morgan fingerprint density at radius 1 is 0.548 bits per heavy atom. The lowest BCUT2D eigenvalue weighted by Crippen LogP contribution is -2.10.